The number of carbonyl (C=O) groups excluding carboxylic acids is 1. The molecular weight excluding hydrogens is 246 g/mol. The summed E-state index contributed by atoms with van der Waals surface area (Å²) < 4.78 is 10.7. The van der Waals surface area contributed by atoms with Gasteiger partial charge in [0.15, 0.2) is 18.5 Å². The van der Waals surface area contributed by atoms with Gasteiger partial charge in [0.2, 0.25) is 0 Å². The molecule has 0 bridgehead atoms. The van der Waals surface area contributed by atoms with Crippen molar-refractivity contribution in [1.29, 1.82) is 0 Å². The largest absolute Gasteiger partial charge is 0.473 e. The summed E-state index contributed by atoms with van der Waals surface area (Å²) in [6.07, 6.45) is 4.40. The van der Waals surface area contributed by atoms with Gasteiger partial charge < -0.3 is 14.4 Å². The van der Waals surface area contributed by atoms with E-state index in [9.17, 15) is 4.79 Å². The van der Waals surface area contributed by atoms with Crippen molar-refractivity contribution in [2.24, 2.45) is 4.99 Å². The fraction of sp³-hybridized carbons (Fsp3) is 0.462. The lowest BCUT2D eigenvalue weighted by Crippen LogP contribution is -2.46. The number of hydrogen-bond acceptors (Lipinski definition) is 5. The molecule has 2 aliphatic rings. The molecule has 1 aromatic rings. The number of rotatable bonds is 2. The van der Waals surface area contributed by atoms with Crippen LogP contribution in [0.5, 0.6) is 0 Å². The minimum atomic E-state index is -0.500. The van der Waals surface area contributed by atoms with E-state index in [1.54, 1.807) is 17.3 Å². The van der Waals surface area contributed by atoms with Crippen LogP contribution in [0.4, 0.5) is 0 Å². The van der Waals surface area contributed by atoms with Crippen molar-refractivity contribution in [3.05, 3.63) is 30.1 Å². The summed E-state index contributed by atoms with van der Waals surface area (Å²) in [7, 11) is 0. The molecule has 2 aliphatic heterocycles. The predicted octanol–water partition coefficient (Wildman–Crippen LogP) is 0.409. The monoisotopic (exact) mass is 261 g/mol. The summed E-state index contributed by atoms with van der Waals surface area (Å²) in [5.74, 6) is -0.00105. The Morgan fingerprint density at radius 1 is 1.26 bits per heavy atom. The number of ether oxygens (including phenoxy) is 2. The number of pyridine rings is 1. The molecule has 0 radical (unpaired) electrons. The van der Waals surface area contributed by atoms with E-state index in [0.717, 1.165) is 5.56 Å². The summed E-state index contributed by atoms with van der Waals surface area (Å²) in [6, 6.07) is 3.19. The summed E-state index contributed by atoms with van der Waals surface area (Å²) in [5.41, 5.74) is 0.916. The fourth-order valence-corrected chi connectivity index (χ4v) is 2.30. The van der Waals surface area contributed by atoms with Crippen LogP contribution in [-0.2, 0) is 14.3 Å². The molecule has 6 nitrogen and oxygen atoms in total. The summed E-state index contributed by atoms with van der Waals surface area (Å²) in [5, 5.41) is 0. The molecule has 1 saturated heterocycles. The van der Waals surface area contributed by atoms with E-state index < -0.39 is 6.04 Å². The van der Waals surface area contributed by atoms with Crippen molar-refractivity contribution >= 4 is 12.3 Å². The first kappa shape index (κ1) is 12.1. The van der Waals surface area contributed by atoms with Crippen LogP contribution in [0.2, 0.25) is 0 Å². The second kappa shape index (κ2) is 5.36. The number of morpholine rings is 1. The topological polar surface area (TPSA) is 64.0 Å². The molecule has 100 valence electrons. The van der Waals surface area contributed by atoms with Gasteiger partial charge in [-0.05, 0) is 17.7 Å². The maximum absolute atomic E-state index is 12.4. The van der Waals surface area contributed by atoms with E-state index in [4.69, 9.17) is 9.47 Å². The average Bonchev–Trinajstić information content (AvgIpc) is 2.98. The molecule has 0 spiro atoms. The molecule has 0 aromatic carbocycles. The number of amides is 1. The van der Waals surface area contributed by atoms with Crippen LogP contribution in [-0.4, -0.2) is 54.5 Å². The quantitative estimate of drug-likeness (QED) is 0.773. The summed E-state index contributed by atoms with van der Waals surface area (Å²) >= 11 is 0. The average molecular weight is 261 g/mol. The highest BCUT2D eigenvalue weighted by Gasteiger charge is 2.36. The van der Waals surface area contributed by atoms with Crippen molar-refractivity contribution in [2.45, 2.75) is 12.1 Å². The van der Waals surface area contributed by atoms with Gasteiger partial charge >= 0.3 is 0 Å². The molecule has 0 unspecified atom stereocenters. The van der Waals surface area contributed by atoms with E-state index in [1.165, 1.54) is 6.40 Å². The Hall–Kier alpha value is -1.95. The van der Waals surface area contributed by atoms with Crippen LogP contribution >= 0.6 is 0 Å². The predicted molar refractivity (Wildman–Crippen MR) is 67.7 cm³/mol. The van der Waals surface area contributed by atoms with E-state index >= 15 is 0 Å². The zero-order valence-corrected chi connectivity index (χ0v) is 10.4. The SMILES string of the molecule is O=C([C@@H]1N=CO[C@H]1c1ccncc1)N1CCOCC1. The van der Waals surface area contributed by atoms with Gasteiger partial charge in [-0.15, -0.1) is 0 Å². The first-order chi connectivity index (χ1) is 9.36. The van der Waals surface area contributed by atoms with Crippen LogP contribution in [0, 0.1) is 0 Å². The van der Waals surface area contributed by atoms with Gasteiger partial charge in [0.25, 0.3) is 5.91 Å². The van der Waals surface area contributed by atoms with E-state index in [0.29, 0.717) is 26.3 Å². The van der Waals surface area contributed by atoms with Crippen LogP contribution < -0.4 is 0 Å². The van der Waals surface area contributed by atoms with E-state index in [2.05, 4.69) is 9.98 Å². The maximum atomic E-state index is 12.4. The molecule has 3 heterocycles. The third-order valence-corrected chi connectivity index (χ3v) is 3.33. The molecule has 6 heteroatoms. The Balaban J connectivity index is 1.75. The molecule has 0 saturated carbocycles. The molecule has 3 rings (SSSR count). The Labute approximate surface area is 111 Å². The van der Waals surface area contributed by atoms with Gasteiger partial charge in [-0.25, -0.2) is 4.99 Å². The number of carbonyl (C=O) groups is 1. The van der Waals surface area contributed by atoms with E-state index in [1.807, 2.05) is 12.1 Å². The zero-order valence-electron chi connectivity index (χ0n) is 10.4. The van der Waals surface area contributed by atoms with Gasteiger partial charge in [0.05, 0.1) is 13.2 Å². The number of hydrogen-bond donors (Lipinski definition) is 0. The van der Waals surface area contributed by atoms with Gasteiger partial charge in [-0.1, -0.05) is 0 Å². The summed E-state index contributed by atoms with van der Waals surface area (Å²) in [4.78, 5) is 22.4. The Bertz CT molecular complexity index is 471. The molecule has 0 aliphatic carbocycles. The zero-order chi connectivity index (χ0) is 13.1. The number of aromatic nitrogens is 1. The van der Waals surface area contributed by atoms with E-state index in [-0.39, 0.29) is 12.0 Å². The van der Waals surface area contributed by atoms with Gasteiger partial charge in [0.1, 0.15) is 0 Å². The molecule has 1 amide bonds. The Kier molecular flexibility index (Phi) is 3.41. The van der Waals surface area contributed by atoms with Crippen LogP contribution in [0.3, 0.4) is 0 Å². The highest BCUT2D eigenvalue weighted by Crippen LogP contribution is 2.27. The first-order valence-electron chi connectivity index (χ1n) is 6.30. The third kappa shape index (κ3) is 2.44. The molecule has 0 N–H and O–H groups in total. The second-order valence-corrected chi connectivity index (χ2v) is 4.47. The number of aliphatic imine (C=N–C) groups is 1. The van der Waals surface area contributed by atoms with Crippen molar-refractivity contribution in [1.82, 2.24) is 9.88 Å². The summed E-state index contributed by atoms with van der Waals surface area (Å²) in [6.45, 7) is 2.41. The smallest absolute Gasteiger partial charge is 0.251 e. The van der Waals surface area contributed by atoms with Crippen molar-refractivity contribution in [2.75, 3.05) is 26.3 Å². The molecule has 1 aromatic heterocycles. The van der Waals surface area contributed by atoms with Crippen molar-refractivity contribution in [3.63, 3.8) is 0 Å². The second-order valence-electron chi connectivity index (χ2n) is 4.47. The minimum absolute atomic E-state index is 0.00105. The van der Waals surface area contributed by atoms with Crippen LogP contribution in [0.25, 0.3) is 0 Å². The fourth-order valence-electron chi connectivity index (χ4n) is 2.30. The highest BCUT2D eigenvalue weighted by molar-refractivity contribution is 5.85. The standard InChI is InChI=1S/C13H15N3O3/c17-13(16-5-7-18-8-6-16)11-12(19-9-15-11)10-1-3-14-4-2-10/h1-4,9,11-12H,5-8H2/t11-,12+/m1/s1. The van der Waals surface area contributed by atoms with Crippen LogP contribution in [0.1, 0.15) is 11.7 Å². The normalized spacial score (nSPS) is 26.2. The minimum Gasteiger partial charge on any atom is -0.473 e. The molecular formula is C13H15N3O3. The van der Waals surface area contributed by atoms with Gasteiger partial charge in [-0.2, -0.15) is 0 Å². The molecule has 19 heavy (non-hydrogen) atoms. The third-order valence-electron chi connectivity index (χ3n) is 3.33. The maximum Gasteiger partial charge on any atom is 0.251 e. The highest BCUT2D eigenvalue weighted by atomic mass is 16.5. The van der Waals surface area contributed by atoms with Gasteiger partial charge in [0, 0.05) is 25.5 Å². The lowest BCUT2D eigenvalue weighted by molar-refractivity contribution is -0.138. The number of nitrogens with zero attached hydrogens (tertiary/aromatic N) is 3. The lowest BCUT2D eigenvalue weighted by atomic mass is 10.0. The van der Waals surface area contributed by atoms with Crippen LogP contribution in [0.15, 0.2) is 29.5 Å². The Morgan fingerprint density at radius 2 is 2.00 bits per heavy atom. The molecule has 1 fully saturated rings. The Morgan fingerprint density at radius 3 is 2.74 bits per heavy atom. The van der Waals surface area contributed by atoms with Crippen molar-refractivity contribution < 1.29 is 14.3 Å². The molecule has 2 atom stereocenters. The van der Waals surface area contributed by atoms with Gasteiger partial charge in [-0.3, -0.25) is 9.78 Å². The lowest BCUT2D eigenvalue weighted by Gasteiger charge is -2.29. The first-order valence-corrected chi connectivity index (χ1v) is 6.30. The van der Waals surface area contributed by atoms with Crippen molar-refractivity contribution in [3.8, 4) is 0 Å².